The Labute approximate surface area is 700 Å². The molecule has 5 heteroatoms. The van der Waals surface area contributed by atoms with Crippen molar-refractivity contribution >= 4 is 0 Å². The number of allylic oxidation sites excluding steroid dienone is 4. The Balaban J connectivity index is -0.0000000699. The van der Waals surface area contributed by atoms with Crippen molar-refractivity contribution in [3.05, 3.63) is 90.5 Å². The maximum Gasteiger partial charge on any atom is 0 e. The van der Waals surface area contributed by atoms with E-state index in [-0.39, 0.29) is 182 Å². The molecule has 0 saturated heterocycles. The third kappa shape index (κ3) is 62.4. The number of rotatable bonds is 15. The molecule has 0 aliphatic heterocycles. The van der Waals surface area contributed by atoms with Crippen molar-refractivity contribution in [2.24, 2.45) is 100 Å². The van der Waals surface area contributed by atoms with Gasteiger partial charge in [-0.05, 0) is 33.5 Å². The van der Waals surface area contributed by atoms with Gasteiger partial charge in [0.15, 0.2) is 0 Å². The molecule has 89 heavy (non-hydrogen) atoms. The summed E-state index contributed by atoms with van der Waals surface area (Å²) in [6.07, 6.45) is 32.0. The van der Waals surface area contributed by atoms with Crippen LogP contribution in [0.4, 0.5) is 0 Å². The summed E-state index contributed by atoms with van der Waals surface area (Å²) >= 11 is 0. The molecule has 0 N–H and O–H groups in total. The summed E-state index contributed by atoms with van der Waals surface area (Å²) in [7, 11) is 0. The van der Waals surface area contributed by atoms with Gasteiger partial charge in [-0.1, -0.05) is 338 Å². The van der Waals surface area contributed by atoms with Crippen LogP contribution < -0.4 is 0 Å². The quantitative estimate of drug-likeness (QED) is 0.113. The molecule has 0 spiro atoms. The largest absolute Gasteiger partial charge is 0.344 e. The molecule has 0 heterocycles. The Morgan fingerprint density at radius 1 is 0.494 bits per heavy atom. The van der Waals surface area contributed by atoms with Crippen molar-refractivity contribution in [1.29, 1.82) is 0 Å². The topological polar surface area (TPSA) is 0 Å². The fourth-order valence-corrected chi connectivity index (χ4v) is 11.0. The molecule has 0 bridgehead atoms. The summed E-state index contributed by atoms with van der Waals surface area (Å²) in [5, 5.41) is 0. The Morgan fingerprint density at radius 2 is 0.876 bits per heavy atom. The van der Waals surface area contributed by atoms with Crippen LogP contribution in [0.3, 0.4) is 0 Å². The molecule has 3 rings (SSSR count). The summed E-state index contributed by atoms with van der Waals surface area (Å²) in [5.41, 5.74) is 6.07. The zero-order valence-electron chi connectivity index (χ0n) is 68.8. The van der Waals surface area contributed by atoms with Gasteiger partial charge < -0.3 is 60.3 Å². The minimum atomic E-state index is 0. The molecule has 5 radical (unpaired) electrons. The average molecular weight is 1620 g/mol. The first-order chi connectivity index (χ1) is 37.2. The van der Waals surface area contributed by atoms with Crippen molar-refractivity contribution < 1.29 is 164 Å². The SMILES string of the molecule is C.CC.CC.CC.CC.CC.[CH2-]C1CC1(CC[CH-]C(C)(C)C)C(C)(C)C.[CH2-]CC(=CC[CH-]C(C)(C)C)C(C)(C)C.[CH2-]CC(C1CC1[CH-]C(C)(C)C)C(C)(C)C.[CH2-]CC(C=C[CH-]C(C)(C)C)C(C)(C)C.[CH2-]CC1(C(C)(C)C)CC1C[CH-]C(C)(C)C.[Y].[Y].[Y].[Y].[Y]. The van der Waals surface area contributed by atoms with Crippen LogP contribution in [0.5, 0.6) is 0 Å². The molecule has 3 saturated carbocycles. The second-order valence-corrected chi connectivity index (χ2v) is 34.4. The van der Waals surface area contributed by atoms with Gasteiger partial charge in [0, 0.05) is 164 Å². The average Bonchev–Trinajstić information content (AvgIpc) is 4.28. The Bertz CT molecular complexity index is 1550. The van der Waals surface area contributed by atoms with Gasteiger partial charge in [-0.15, -0.1) is 17.6 Å². The van der Waals surface area contributed by atoms with E-state index in [0.29, 0.717) is 66.0 Å². The van der Waals surface area contributed by atoms with Crippen molar-refractivity contribution in [2.45, 2.75) is 355 Å². The van der Waals surface area contributed by atoms with E-state index in [4.69, 9.17) is 0 Å². The summed E-state index contributed by atoms with van der Waals surface area (Å²) < 4.78 is 0. The maximum atomic E-state index is 4.27. The smallest absolute Gasteiger partial charge is 0 e. The fourth-order valence-electron chi connectivity index (χ4n) is 11.0. The molecular formula is C84H170Y5-10. The van der Waals surface area contributed by atoms with Gasteiger partial charge in [-0.2, -0.15) is 78.4 Å². The molecule has 0 aromatic carbocycles. The first-order valence-electron chi connectivity index (χ1n) is 34.8. The van der Waals surface area contributed by atoms with Gasteiger partial charge in [0.2, 0.25) is 0 Å². The predicted molar refractivity (Wildman–Crippen MR) is 400 cm³/mol. The second kappa shape index (κ2) is 57.4. The van der Waals surface area contributed by atoms with Crippen LogP contribution in [0, 0.1) is 167 Å². The summed E-state index contributed by atoms with van der Waals surface area (Å²) in [6.45, 7) is 109. The number of hydrogen-bond acceptors (Lipinski definition) is 0. The molecule has 8 atom stereocenters. The molecule has 0 nitrogen and oxygen atoms in total. The van der Waals surface area contributed by atoms with Crippen molar-refractivity contribution in [1.82, 2.24) is 0 Å². The van der Waals surface area contributed by atoms with E-state index >= 15 is 0 Å². The molecule has 0 aromatic heterocycles. The Hall–Kier alpha value is 4.87. The summed E-state index contributed by atoms with van der Waals surface area (Å²) in [6, 6.07) is 0. The molecule has 3 aliphatic carbocycles. The van der Waals surface area contributed by atoms with Crippen molar-refractivity contribution in [2.75, 3.05) is 0 Å². The maximum absolute atomic E-state index is 4.27. The van der Waals surface area contributed by atoms with Gasteiger partial charge in [-0.25, -0.2) is 18.6 Å². The zero-order valence-corrected chi connectivity index (χ0v) is 83.0. The fraction of sp³-hybridized carbons (Fsp3) is 0.833. The van der Waals surface area contributed by atoms with E-state index in [0.717, 1.165) is 55.8 Å². The normalized spacial score (nSPS) is 20.8. The Kier molecular flexibility index (Phi) is 79.8. The van der Waals surface area contributed by atoms with E-state index in [9.17, 15) is 0 Å². The standard InChI is InChI=1S/3C15H28.2C14H26.5C2H6.CH4.5Y/c1-12-11-15(12,14(5,6)7)10-8-9-13(2,3)4;1-8-13(15(5,6)7)12-9-11(12)10-14(2,3)4;1-8-15(14(5,6)7)11-12(15)9-10-13(2,3)4;2*1-8-12(14(5,6)7)10-9-11-13(2,3)4;5*1-2;;;;;;/h9,12H,1,8,10-11H2,2-7H3;10-13H,1,8-9H2,2-7H3;10,12H,1,8-9,11H2,2-7H3;10-11H,1,8-9H2,2-7H3;9-12H,1,8H2,2-7H3;5*1-2H3;1H4;;;;;/q5*-2;;;;;;;;;;;. The monoisotopic (exact) mass is 1620 g/mol. The third-order valence-corrected chi connectivity index (χ3v) is 16.5. The molecule has 3 aliphatic rings. The van der Waals surface area contributed by atoms with Gasteiger partial charge in [0.25, 0.3) is 0 Å². The molecule has 0 amide bonds. The van der Waals surface area contributed by atoms with Crippen LogP contribution in [0.1, 0.15) is 355 Å². The van der Waals surface area contributed by atoms with E-state index in [2.05, 4.69) is 293 Å². The molecular weight excluding hydrogens is 1450 g/mol. The first-order valence-corrected chi connectivity index (χ1v) is 34.8. The second-order valence-electron chi connectivity index (χ2n) is 34.4. The van der Waals surface area contributed by atoms with Crippen LogP contribution in [0.15, 0.2) is 23.8 Å². The molecule has 0 aromatic rings. The zero-order chi connectivity index (χ0) is 68.5. The minimum absolute atomic E-state index is 0. The van der Waals surface area contributed by atoms with Gasteiger partial charge in [-0.3, -0.25) is 0 Å². The van der Waals surface area contributed by atoms with Crippen LogP contribution in [0.25, 0.3) is 0 Å². The third-order valence-electron chi connectivity index (χ3n) is 16.5. The van der Waals surface area contributed by atoms with E-state index in [1.807, 2.05) is 69.2 Å². The van der Waals surface area contributed by atoms with Crippen LogP contribution >= 0.6 is 0 Å². The van der Waals surface area contributed by atoms with E-state index in [1.54, 1.807) is 0 Å². The number of hydrogen-bond donors (Lipinski definition) is 0. The molecule has 8 unspecified atom stereocenters. The minimum Gasteiger partial charge on any atom is -0.344 e. The van der Waals surface area contributed by atoms with Crippen molar-refractivity contribution in [3.63, 3.8) is 0 Å². The molecule has 531 valence electrons. The van der Waals surface area contributed by atoms with Gasteiger partial charge in [0.05, 0.1) is 0 Å². The first kappa shape index (κ1) is 124. The van der Waals surface area contributed by atoms with Crippen LogP contribution in [0.2, 0.25) is 0 Å². The molecule has 3 fully saturated rings. The Morgan fingerprint density at radius 3 is 1.11 bits per heavy atom. The van der Waals surface area contributed by atoms with Crippen LogP contribution in [-0.4, -0.2) is 0 Å². The van der Waals surface area contributed by atoms with E-state index < -0.39 is 0 Å². The predicted octanol–water partition coefficient (Wildman–Crippen LogP) is 29.8. The van der Waals surface area contributed by atoms with E-state index in [1.165, 1.54) is 44.1 Å². The summed E-state index contributed by atoms with van der Waals surface area (Å²) in [5.74, 6) is 4.69. The van der Waals surface area contributed by atoms with Crippen molar-refractivity contribution in [3.8, 4) is 0 Å². The summed E-state index contributed by atoms with van der Waals surface area (Å²) in [4.78, 5) is 0. The van der Waals surface area contributed by atoms with Gasteiger partial charge >= 0.3 is 0 Å². The van der Waals surface area contributed by atoms with Gasteiger partial charge in [0.1, 0.15) is 0 Å². The van der Waals surface area contributed by atoms with Crippen LogP contribution in [-0.2, 0) is 164 Å².